The molecule has 0 atom stereocenters. The number of rotatable bonds is 2. The summed E-state index contributed by atoms with van der Waals surface area (Å²) in [6.07, 6.45) is 0. The maximum Gasteiger partial charge on any atom is 0.161 e. The number of nitrogens with zero attached hydrogens (tertiary/aromatic N) is 2. The van der Waals surface area contributed by atoms with Gasteiger partial charge in [-0.15, -0.1) is 11.3 Å². The minimum atomic E-state index is 0.720. The normalized spacial score (nSPS) is 11.3. The summed E-state index contributed by atoms with van der Waals surface area (Å²) in [7, 11) is 0. The topological polar surface area (TPSA) is 25.8 Å². The van der Waals surface area contributed by atoms with Crippen molar-refractivity contribution in [3.05, 3.63) is 83.9 Å². The fourth-order valence-corrected chi connectivity index (χ4v) is 4.36. The fourth-order valence-electron chi connectivity index (χ4n) is 3.16. The zero-order chi connectivity index (χ0) is 17.5. The lowest BCUT2D eigenvalue weighted by Gasteiger charge is -2.07. The maximum atomic E-state index is 6.09. The Morgan fingerprint density at radius 3 is 2.23 bits per heavy atom. The first-order valence-corrected chi connectivity index (χ1v) is 9.50. The summed E-state index contributed by atoms with van der Waals surface area (Å²) in [6.45, 7) is 0. The van der Waals surface area contributed by atoms with Gasteiger partial charge >= 0.3 is 0 Å². The van der Waals surface area contributed by atoms with Gasteiger partial charge in [0.1, 0.15) is 4.83 Å². The summed E-state index contributed by atoms with van der Waals surface area (Å²) in [5.74, 6) is 0.745. The number of fused-ring (bicyclic) bond motifs is 3. The predicted octanol–water partition coefficient (Wildman–Crippen LogP) is 6.83. The van der Waals surface area contributed by atoms with Crippen molar-refractivity contribution >= 4 is 43.2 Å². The van der Waals surface area contributed by atoms with Crippen LogP contribution >= 0.6 is 22.9 Å². The molecule has 2 aromatic heterocycles. The van der Waals surface area contributed by atoms with Gasteiger partial charge in [0.05, 0.1) is 5.69 Å². The summed E-state index contributed by atoms with van der Waals surface area (Å²) in [4.78, 5) is 10.8. The van der Waals surface area contributed by atoms with Crippen molar-refractivity contribution < 1.29 is 0 Å². The van der Waals surface area contributed by atoms with Crippen LogP contribution in [0, 0.1) is 0 Å². The standard InChI is InChI=1S/C22H13ClN2S/c23-16-12-10-14(11-13-16)20-19-17-8-4-5-9-18(17)26-22(19)25-21(24-20)15-6-2-1-3-7-15/h1-13H. The van der Waals surface area contributed by atoms with Gasteiger partial charge in [-0.3, -0.25) is 0 Å². The molecule has 4 heteroatoms. The molecule has 2 nitrogen and oxygen atoms in total. The van der Waals surface area contributed by atoms with Crippen LogP contribution < -0.4 is 0 Å². The Morgan fingerprint density at radius 2 is 1.42 bits per heavy atom. The molecule has 0 fully saturated rings. The van der Waals surface area contributed by atoms with E-state index in [0.717, 1.165) is 37.9 Å². The molecule has 0 unspecified atom stereocenters. The smallest absolute Gasteiger partial charge is 0.161 e. The molecule has 3 aromatic carbocycles. The van der Waals surface area contributed by atoms with Gasteiger partial charge in [-0.2, -0.15) is 0 Å². The molecular formula is C22H13ClN2S. The van der Waals surface area contributed by atoms with Gasteiger partial charge < -0.3 is 0 Å². The van der Waals surface area contributed by atoms with Gasteiger partial charge in [0.2, 0.25) is 0 Å². The highest BCUT2D eigenvalue weighted by Gasteiger charge is 2.16. The molecule has 0 bridgehead atoms. The molecule has 26 heavy (non-hydrogen) atoms. The molecule has 0 radical (unpaired) electrons. The van der Waals surface area contributed by atoms with Gasteiger partial charge in [0.25, 0.3) is 0 Å². The van der Waals surface area contributed by atoms with E-state index in [1.807, 2.05) is 54.6 Å². The van der Waals surface area contributed by atoms with Crippen molar-refractivity contribution in [2.45, 2.75) is 0 Å². The SMILES string of the molecule is Clc1ccc(-c2nc(-c3ccccc3)nc3sc4ccccc4c23)cc1. The lowest BCUT2D eigenvalue weighted by Crippen LogP contribution is -1.93. The van der Waals surface area contributed by atoms with Gasteiger partial charge in [-0.1, -0.05) is 72.3 Å². The third-order valence-electron chi connectivity index (χ3n) is 4.39. The molecule has 0 saturated carbocycles. The van der Waals surface area contributed by atoms with E-state index in [2.05, 4.69) is 24.3 Å². The number of hydrogen-bond donors (Lipinski definition) is 0. The van der Waals surface area contributed by atoms with E-state index >= 15 is 0 Å². The Labute approximate surface area is 159 Å². The van der Waals surface area contributed by atoms with Crippen molar-refractivity contribution in [1.29, 1.82) is 0 Å². The number of thiophene rings is 1. The van der Waals surface area contributed by atoms with E-state index in [0.29, 0.717) is 0 Å². The Hall–Kier alpha value is -2.75. The van der Waals surface area contributed by atoms with E-state index < -0.39 is 0 Å². The van der Waals surface area contributed by atoms with Gasteiger partial charge in [-0.25, -0.2) is 9.97 Å². The van der Waals surface area contributed by atoms with Crippen LogP contribution in [0.2, 0.25) is 5.02 Å². The van der Waals surface area contributed by atoms with Gasteiger partial charge in [0, 0.05) is 31.6 Å². The molecule has 0 N–H and O–H groups in total. The monoisotopic (exact) mass is 372 g/mol. The lowest BCUT2D eigenvalue weighted by atomic mass is 10.1. The van der Waals surface area contributed by atoms with Crippen molar-refractivity contribution in [2.75, 3.05) is 0 Å². The Balaban J connectivity index is 1.88. The van der Waals surface area contributed by atoms with E-state index in [-0.39, 0.29) is 0 Å². The summed E-state index contributed by atoms with van der Waals surface area (Å²) in [6, 6.07) is 26.3. The molecule has 0 amide bonds. The lowest BCUT2D eigenvalue weighted by molar-refractivity contribution is 1.24. The summed E-state index contributed by atoms with van der Waals surface area (Å²) < 4.78 is 1.22. The Kier molecular flexibility index (Phi) is 3.70. The first-order valence-electron chi connectivity index (χ1n) is 8.30. The fraction of sp³-hybridized carbons (Fsp3) is 0. The van der Waals surface area contributed by atoms with Crippen LogP contribution in [0.5, 0.6) is 0 Å². The number of hydrogen-bond acceptors (Lipinski definition) is 3. The van der Waals surface area contributed by atoms with Crippen molar-refractivity contribution in [3.63, 3.8) is 0 Å². The highest BCUT2D eigenvalue weighted by molar-refractivity contribution is 7.25. The Morgan fingerprint density at radius 1 is 0.692 bits per heavy atom. The predicted molar refractivity (Wildman–Crippen MR) is 111 cm³/mol. The van der Waals surface area contributed by atoms with Crippen molar-refractivity contribution in [1.82, 2.24) is 9.97 Å². The van der Waals surface area contributed by atoms with Crippen LogP contribution in [0.3, 0.4) is 0 Å². The van der Waals surface area contributed by atoms with Crippen LogP contribution in [-0.4, -0.2) is 9.97 Å². The molecule has 124 valence electrons. The zero-order valence-electron chi connectivity index (χ0n) is 13.7. The van der Waals surface area contributed by atoms with Gasteiger partial charge in [-0.05, 0) is 18.2 Å². The second kappa shape index (κ2) is 6.20. The number of aromatic nitrogens is 2. The molecule has 0 aliphatic carbocycles. The largest absolute Gasteiger partial charge is 0.227 e. The highest BCUT2D eigenvalue weighted by atomic mass is 35.5. The number of benzene rings is 3. The van der Waals surface area contributed by atoms with Crippen molar-refractivity contribution in [3.8, 4) is 22.6 Å². The average molecular weight is 373 g/mol. The second-order valence-corrected chi connectivity index (χ2v) is 7.51. The van der Waals surface area contributed by atoms with Crippen LogP contribution in [0.1, 0.15) is 0 Å². The molecule has 0 aliphatic rings. The third-order valence-corrected chi connectivity index (χ3v) is 5.71. The van der Waals surface area contributed by atoms with Crippen molar-refractivity contribution in [2.24, 2.45) is 0 Å². The third kappa shape index (κ3) is 2.57. The van der Waals surface area contributed by atoms with E-state index in [1.54, 1.807) is 11.3 Å². The molecular weight excluding hydrogens is 360 g/mol. The van der Waals surface area contributed by atoms with E-state index in [4.69, 9.17) is 21.6 Å². The van der Waals surface area contributed by atoms with Crippen LogP contribution in [0.25, 0.3) is 42.9 Å². The van der Waals surface area contributed by atoms with Crippen LogP contribution in [0.15, 0.2) is 78.9 Å². The number of halogens is 1. The molecule has 0 saturated heterocycles. The van der Waals surface area contributed by atoms with E-state index in [1.165, 1.54) is 10.1 Å². The summed E-state index contributed by atoms with van der Waals surface area (Å²) in [5, 5.41) is 3.02. The average Bonchev–Trinajstić information content (AvgIpc) is 3.07. The molecule has 0 aliphatic heterocycles. The quantitative estimate of drug-likeness (QED) is 0.339. The second-order valence-electron chi connectivity index (χ2n) is 6.05. The summed E-state index contributed by atoms with van der Waals surface area (Å²) in [5.41, 5.74) is 3.01. The molecule has 5 rings (SSSR count). The zero-order valence-corrected chi connectivity index (χ0v) is 15.3. The first-order chi connectivity index (χ1) is 12.8. The summed E-state index contributed by atoms with van der Waals surface area (Å²) >= 11 is 7.79. The Bertz CT molecular complexity index is 1230. The molecule has 2 heterocycles. The molecule has 0 spiro atoms. The van der Waals surface area contributed by atoms with Gasteiger partial charge in [0.15, 0.2) is 5.82 Å². The first kappa shape index (κ1) is 15.5. The maximum absolute atomic E-state index is 6.09. The minimum Gasteiger partial charge on any atom is -0.227 e. The molecule has 5 aromatic rings. The highest BCUT2D eigenvalue weighted by Crippen LogP contribution is 2.39. The van der Waals surface area contributed by atoms with Crippen LogP contribution in [0.4, 0.5) is 0 Å². The minimum absolute atomic E-state index is 0.720. The van der Waals surface area contributed by atoms with Crippen LogP contribution in [-0.2, 0) is 0 Å². The van der Waals surface area contributed by atoms with E-state index in [9.17, 15) is 0 Å².